The van der Waals surface area contributed by atoms with Crippen molar-refractivity contribution < 1.29 is 4.79 Å². The fourth-order valence-electron chi connectivity index (χ4n) is 1.26. The fourth-order valence-corrected chi connectivity index (χ4v) is 1.62. The van der Waals surface area contributed by atoms with E-state index in [0.717, 1.165) is 22.2 Å². The monoisotopic (exact) mass is 302 g/mol. The molecule has 2 rings (SSSR count). The molecule has 0 spiro atoms. The predicted molar refractivity (Wildman–Crippen MR) is 63.3 cm³/mol. The molecule has 0 saturated carbocycles. The van der Waals surface area contributed by atoms with E-state index in [2.05, 4.69) is 33.2 Å². The van der Waals surface area contributed by atoms with Crippen LogP contribution in [-0.2, 0) is 0 Å². The van der Waals surface area contributed by atoms with Gasteiger partial charge in [-0.15, -0.1) is 0 Å². The molecule has 3 nitrogen and oxygen atoms in total. The normalized spacial score (nSPS) is 16.1. The van der Waals surface area contributed by atoms with Gasteiger partial charge < -0.3 is 10.6 Å². The molecular weight excluding hydrogens is 291 g/mol. The van der Waals surface area contributed by atoms with E-state index in [1.165, 1.54) is 0 Å². The average molecular weight is 302 g/mol. The zero-order valence-electron chi connectivity index (χ0n) is 7.59. The second-order valence-corrected chi connectivity index (χ2v) is 4.58. The second-order valence-electron chi connectivity index (χ2n) is 3.34. The molecule has 0 aliphatic carbocycles. The molecule has 2 N–H and O–H groups in total. The maximum atomic E-state index is 11.6. The van der Waals surface area contributed by atoms with Gasteiger partial charge in [0.1, 0.15) is 0 Å². The number of carbonyl (C=O) groups excluding carboxylic acids is 1. The quantitative estimate of drug-likeness (QED) is 0.800. The number of amides is 1. The summed E-state index contributed by atoms with van der Waals surface area (Å²) in [5.41, 5.74) is 0.734. The van der Waals surface area contributed by atoms with E-state index in [-0.39, 0.29) is 5.91 Å². The SMILES string of the molecule is O=C(NC1CNC1)c1ccc(I)cc1. The lowest BCUT2D eigenvalue weighted by molar-refractivity contribution is 0.0924. The minimum atomic E-state index is 0.0212. The number of halogens is 1. The van der Waals surface area contributed by atoms with Crippen LogP contribution in [0.1, 0.15) is 10.4 Å². The summed E-state index contributed by atoms with van der Waals surface area (Å²) in [7, 11) is 0. The maximum absolute atomic E-state index is 11.6. The first-order valence-corrected chi connectivity index (χ1v) is 5.61. The first-order valence-electron chi connectivity index (χ1n) is 4.53. The topological polar surface area (TPSA) is 41.1 Å². The lowest BCUT2D eigenvalue weighted by Crippen LogP contribution is -2.56. The average Bonchev–Trinajstić information content (AvgIpc) is 2.12. The summed E-state index contributed by atoms with van der Waals surface area (Å²) < 4.78 is 1.14. The summed E-state index contributed by atoms with van der Waals surface area (Å²) in [6, 6.07) is 7.89. The van der Waals surface area contributed by atoms with Crippen molar-refractivity contribution in [2.45, 2.75) is 6.04 Å². The largest absolute Gasteiger partial charge is 0.347 e. The molecule has 1 fully saturated rings. The Kier molecular flexibility index (Phi) is 3.02. The Morgan fingerprint density at radius 2 is 2.00 bits per heavy atom. The number of hydrogen-bond acceptors (Lipinski definition) is 2. The first-order chi connectivity index (χ1) is 6.75. The van der Waals surface area contributed by atoms with Crippen LogP contribution in [0.5, 0.6) is 0 Å². The standard InChI is InChI=1S/C10H11IN2O/c11-8-3-1-7(2-4-8)10(14)13-9-5-12-6-9/h1-4,9,12H,5-6H2,(H,13,14). The third-order valence-electron chi connectivity index (χ3n) is 2.22. The molecule has 1 aliphatic heterocycles. The molecule has 0 aromatic heterocycles. The van der Waals surface area contributed by atoms with E-state index >= 15 is 0 Å². The van der Waals surface area contributed by atoms with Crippen LogP contribution in [0, 0.1) is 3.57 Å². The molecular formula is C10H11IN2O. The molecule has 1 aromatic carbocycles. The third-order valence-corrected chi connectivity index (χ3v) is 2.94. The minimum Gasteiger partial charge on any atom is -0.347 e. The van der Waals surface area contributed by atoms with Gasteiger partial charge in [0.15, 0.2) is 0 Å². The van der Waals surface area contributed by atoms with Crippen molar-refractivity contribution in [3.63, 3.8) is 0 Å². The highest BCUT2D eigenvalue weighted by molar-refractivity contribution is 14.1. The van der Waals surface area contributed by atoms with Crippen molar-refractivity contribution in [3.8, 4) is 0 Å². The van der Waals surface area contributed by atoms with E-state index in [4.69, 9.17) is 0 Å². The van der Waals surface area contributed by atoms with E-state index in [0.29, 0.717) is 6.04 Å². The van der Waals surface area contributed by atoms with Crippen LogP contribution in [0.25, 0.3) is 0 Å². The molecule has 4 heteroatoms. The van der Waals surface area contributed by atoms with Gasteiger partial charge >= 0.3 is 0 Å². The molecule has 1 saturated heterocycles. The summed E-state index contributed by atoms with van der Waals surface area (Å²) in [5.74, 6) is 0.0212. The smallest absolute Gasteiger partial charge is 0.251 e. The van der Waals surface area contributed by atoms with Gasteiger partial charge in [0.2, 0.25) is 0 Å². The Labute approximate surface area is 96.4 Å². The van der Waals surface area contributed by atoms with Gasteiger partial charge in [-0.25, -0.2) is 0 Å². The summed E-state index contributed by atoms with van der Waals surface area (Å²) in [4.78, 5) is 11.6. The summed E-state index contributed by atoms with van der Waals surface area (Å²) in [5, 5.41) is 6.06. The fraction of sp³-hybridized carbons (Fsp3) is 0.300. The van der Waals surface area contributed by atoms with Crippen LogP contribution in [-0.4, -0.2) is 25.0 Å². The summed E-state index contributed by atoms with van der Waals surface area (Å²) in [6.07, 6.45) is 0. The van der Waals surface area contributed by atoms with Gasteiger partial charge in [-0.3, -0.25) is 4.79 Å². The molecule has 1 aliphatic rings. The highest BCUT2D eigenvalue weighted by Gasteiger charge is 2.19. The van der Waals surface area contributed by atoms with Crippen LogP contribution in [0.15, 0.2) is 24.3 Å². The lowest BCUT2D eigenvalue weighted by Gasteiger charge is -2.27. The molecule has 0 bridgehead atoms. The predicted octanol–water partition coefficient (Wildman–Crippen LogP) is 0.993. The van der Waals surface area contributed by atoms with Gasteiger partial charge in [0, 0.05) is 22.2 Å². The number of carbonyl (C=O) groups is 1. The molecule has 1 aromatic rings. The number of rotatable bonds is 2. The van der Waals surface area contributed by atoms with Crippen molar-refractivity contribution in [2.75, 3.05) is 13.1 Å². The van der Waals surface area contributed by atoms with E-state index in [1.54, 1.807) is 0 Å². The minimum absolute atomic E-state index is 0.0212. The zero-order valence-corrected chi connectivity index (χ0v) is 9.74. The van der Waals surface area contributed by atoms with E-state index in [1.807, 2.05) is 24.3 Å². The van der Waals surface area contributed by atoms with Crippen LogP contribution in [0.2, 0.25) is 0 Å². The summed E-state index contributed by atoms with van der Waals surface area (Å²) >= 11 is 2.22. The van der Waals surface area contributed by atoms with Crippen LogP contribution in [0.3, 0.4) is 0 Å². The molecule has 1 heterocycles. The van der Waals surface area contributed by atoms with Gasteiger partial charge in [-0.2, -0.15) is 0 Å². The molecule has 14 heavy (non-hydrogen) atoms. The highest BCUT2D eigenvalue weighted by Crippen LogP contribution is 2.07. The van der Waals surface area contributed by atoms with Crippen LogP contribution >= 0.6 is 22.6 Å². The van der Waals surface area contributed by atoms with E-state index in [9.17, 15) is 4.79 Å². The molecule has 0 atom stereocenters. The Bertz CT molecular complexity index is 332. The van der Waals surface area contributed by atoms with Gasteiger partial charge in [-0.05, 0) is 46.9 Å². The molecule has 1 amide bonds. The van der Waals surface area contributed by atoms with Gasteiger partial charge in [-0.1, -0.05) is 0 Å². The Morgan fingerprint density at radius 3 is 2.50 bits per heavy atom. The number of hydrogen-bond donors (Lipinski definition) is 2. The van der Waals surface area contributed by atoms with Gasteiger partial charge in [0.25, 0.3) is 5.91 Å². The molecule has 0 radical (unpaired) electrons. The van der Waals surface area contributed by atoms with Crippen molar-refractivity contribution >= 4 is 28.5 Å². The Morgan fingerprint density at radius 1 is 1.36 bits per heavy atom. The Balaban J connectivity index is 1.99. The van der Waals surface area contributed by atoms with Crippen molar-refractivity contribution in [1.29, 1.82) is 0 Å². The Hall–Kier alpha value is -0.620. The lowest BCUT2D eigenvalue weighted by atomic mass is 10.1. The van der Waals surface area contributed by atoms with Crippen molar-refractivity contribution in [2.24, 2.45) is 0 Å². The van der Waals surface area contributed by atoms with Gasteiger partial charge in [0.05, 0.1) is 6.04 Å². The maximum Gasteiger partial charge on any atom is 0.251 e. The van der Waals surface area contributed by atoms with E-state index < -0.39 is 0 Å². The first kappa shape index (κ1) is 9.92. The van der Waals surface area contributed by atoms with Crippen LogP contribution < -0.4 is 10.6 Å². The van der Waals surface area contributed by atoms with Crippen molar-refractivity contribution in [3.05, 3.63) is 33.4 Å². The number of benzene rings is 1. The number of nitrogens with one attached hydrogen (secondary N) is 2. The zero-order chi connectivity index (χ0) is 9.97. The summed E-state index contributed by atoms with van der Waals surface area (Å²) in [6.45, 7) is 1.77. The third kappa shape index (κ3) is 2.24. The van der Waals surface area contributed by atoms with Crippen molar-refractivity contribution in [1.82, 2.24) is 10.6 Å². The molecule has 0 unspecified atom stereocenters. The highest BCUT2D eigenvalue weighted by atomic mass is 127. The second kappa shape index (κ2) is 4.27. The van der Waals surface area contributed by atoms with Crippen LogP contribution in [0.4, 0.5) is 0 Å². The molecule has 74 valence electrons.